The van der Waals surface area contributed by atoms with Gasteiger partial charge in [0.05, 0.1) is 11.6 Å². The number of benzene rings is 1. The molecule has 0 radical (unpaired) electrons. The number of carbonyl (C=O) groups excluding carboxylic acids is 2. The molecule has 0 aliphatic carbocycles. The van der Waals surface area contributed by atoms with Crippen molar-refractivity contribution in [2.24, 2.45) is 0 Å². The summed E-state index contributed by atoms with van der Waals surface area (Å²) in [6, 6.07) is 7.47. The molecular formula is C17H19ClN2O4S. The SMILES string of the molecule is O=C(O)CCCCCNC(=O)CNC(=O)c1sc2ccccc2c1Cl. The fourth-order valence-electron chi connectivity index (χ4n) is 2.27. The lowest BCUT2D eigenvalue weighted by molar-refractivity contribution is -0.137. The average molecular weight is 383 g/mol. The minimum atomic E-state index is -0.813. The maximum absolute atomic E-state index is 12.2. The van der Waals surface area contributed by atoms with Crippen molar-refractivity contribution >= 4 is 50.8 Å². The van der Waals surface area contributed by atoms with Gasteiger partial charge in [-0.2, -0.15) is 0 Å². The van der Waals surface area contributed by atoms with E-state index in [4.69, 9.17) is 16.7 Å². The summed E-state index contributed by atoms with van der Waals surface area (Å²) in [6.45, 7) is 0.330. The van der Waals surface area contributed by atoms with Gasteiger partial charge in [-0.1, -0.05) is 36.2 Å². The van der Waals surface area contributed by atoms with Crippen molar-refractivity contribution in [2.45, 2.75) is 25.7 Å². The molecule has 1 aromatic heterocycles. The van der Waals surface area contributed by atoms with Gasteiger partial charge in [0.2, 0.25) is 5.91 Å². The Hall–Kier alpha value is -2.12. The first kappa shape index (κ1) is 19.2. The number of carboxylic acids is 1. The second kappa shape index (κ2) is 9.39. The van der Waals surface area contributed by atoms with Gasteiger partial charge < -0.3 is 15.7 Å². The van der Waals surface area contributed by atoms with Crippen LogP contribution in [0.25, 0.3) is 10.1 Å². The van der Waals surface area contributed by atoms with E-state index in [1.807, 2.05) is 24.3 Å². The van der Waals surface area contributed by atoms with Crippen LogP contribution in [0.15, 0.2) is 24.3 Å². The Morgan fingerprint density at radius 2 is 1.84 bits per heavy atom. The number of carbonyl (C=O) groups is 3. The first-order chi connectivity index (χ1) is 12.0. The summed E-state index contributed by atoms with van der Waals surface area (Å²) in [5.74, 6) is -1.47. The lowest BCUT2D eigenvalue weighted by Gasteiger charge is -2.06. The van der Waals surface area contributed by atoms with Gasteiger partial charge in [-0.05, 0) is 18.9 Å². The molecule has 2 rings (SSSR count). The molecule has 134 valence electrons. The van der Waals surface area contributed by atoms with Crippen molar-refractivity contribution in [3.05, 3.63) is 34.2 Å². The number of carboxylic acid groups (broad SMARTS) is 1. The summed E-state index contributed by atoms with van der Waals surface area (Å²) in [5, 5.41) is 15.0. The second-order valence-corrected chi connectivity index (χ2v) is 6.91. The number of unbranched alkanes of at least 4 members (excludes halogenated alkanes) is 2. The summed E-state index contributed by atoms with van der Waals surface area (Å²) in [6.07, 6.45) is 2.16. The maximum Gasteiger partial charge on any atom is 0.303 e. The van der Waals surface area contributed by atoms with Gasteiger partial charge in [0.1, 0.15) is 4.88 Å². The van der Waals surface area contributed by atoms with Crippen LogP contribution in [-0.4, -0.2) is 36.0 Å². The van der Waals surface area contributed by atoms with Gasteiger partial charge in [0, 0.05) is 23.1 Å². The van der Waals surface area contributed by atoms with Crippen molar-refractivity contribution in [3.8, 4) is 0 Å². The number of hydrogen-bond donors (Lipinski definition) is 3. The third kappa shape index (κ3) is 5.72. The van der Waals surface area contributed by atoms with Gasteiger partial charge in [0.25, 0.3) is 5.91 Å². The molecule has 1 aromatic carbocycles. The summed E-state index contributed by atoms with van der Waals surface area (Å²) < 4.78 is 0.920. The molecule has 6 nitrogen and oxygen atoms in total. The van der Waals surface area contributed by atoms with Crippen LogP contribution in [0.5, 0.6) is 0 Å². The first-order valence-corrected chi connectivity index (χ1v) is 9.12. The molecular weight excluding hydrogens is 364 g/mol. The van der Waals surface area contributed by atoms with Crippen LogP contribution >= 0.6 is 22.9 Å². The van der Waals surface area contributed by atoms with E-state index in [9.17, 15) is 14.4 Å². The van der Waals surface area contributed by atoms with Crippen LogP contribution < -0.4 is 10.6 Å². The summed E-state index contributed by atoms with van der Waals surface area (Å²) in [5.41, 5.74) is 0. The topological polar surface area (TPSA) is 95.5 Å². The highest BCUT2D eigenvalue weighted by Gasteiger charge is 2.17. The minimum Gasteiger partial charge on any atom is -0.481 e. The Bertz CT molecular complexity index is 775. The molecule has 8 heteroatoms. The molecule has 0 aliphatic heterocycles. The van der Waals surface area contributed by atoms with Crippen LogP contribution in [0.1, 0.15) is 35.4 Å². The largest absolute Gasteiger partial charge is 0.481 e. The number of aliphatic carboxylic acids is 1. The molecule has 0 aliphatic rings. The van der Waals surface area contributed by atoms with E-state index in [0.717, 1.165) is 16.5 Å². The molecule has 0 unspecified atom stereocenters. The molecule has 0 atom stereocenters. The zero-order chi connectivity index (χ0) is 18.2. The number of nitrogens with one attached hydrogen (secondary N) is 2. The number of hydrogen-bond acceptors (Lipinski definition) is 4. The fraction of sp³-hybridized carbons (Fsp3) is 0.353. The molecule has 2 amide bonds. The van der Waals surface area contributed by atoms with Crippen LogP contribution in [0, 0.1) is 0 Å². The van der Waals surface area contributed by atoms with E-state index in [1.54, 1.807) is 0 Å². The third-order valence-electron chi connectivity index (χ3n) is 3.54. The number of rotatable bonds is 9. The maximum atomic E-state index is 12.2. The molecule has 1 heterocycles. The zero-order valence-electron chi connectivity index (χ0n) is 13.5. The van der Waals surface area contributed by atoms with Crippen LogP contribution in [0.2, 0.25) is 5.02 Å². The third-order valence-corrected chi connectivity index (χ3v) is 5.21. The Kier molecular flexibility index (Phi) is 7.21. The normalized spacial score (nSPS) is 10.6. The van der Waals surface area contributed by atoms with Gasteiger partial charge in [-0.15, -0.1) is 11.3 Å². The highest BCUT2D eigenvalue weighted by molar-refractivity contribution is 7.21. The van der Waals surface area contributed by atoms with E-state index in [-0.39, 0.29) is 24.8 Å². The van der Waals surface area contributed by atoms with Gasteiger partial charge in [-0.25, -0.2) is 0 Å². The first-order valence-electron chi connectivity index (χ1n) is 7.92. The summed E-state index contributed by atoms with van der Waals surface area (Å²) in [4.78, 5) is 34.7. The van der Waals surface area contributed by atoms with Crippen molar-refractivity contribution in [1.29, 1.82) is 0 Å². The quantitative estimate of drug-likeness (QED) is 0.581. The van der Waals surface area contributed by atoms with E-state index >= 15 is 0 Å². The highest BCUT2D eigenvalue weighted by Crippen LogP contribution is 2.34. The van der Waals surface area contributed by atoms with Crippen molar-refractivity contribution in [2.75, 3.05) is 13.1 Å². The predicted molar refractivity (Wildman–Crippen MR) is 98.3 cm³/mol. The Morgan fingerprint density at radius 3 is 2.56 bits per heavy atom. The number of amides is 2. The molecule has 2 aromatic rings. The molecule has 0 fully saturated rings. The molecule has 0 saturated heterocycles. The van der Waals surface area contributed by atoms with Gasteiger partial charge >= 0.3 is 5.97 Å². The van der Waals surface area contributed by atoms with Crippen LogP contribution in [0.3, 0.4) is 0 Å². The minimum absolute atomic E-state index is 0.126. The Morgan fingerprint density at radius 1 is 1.08 bits per heavy atom. The molecule has 25 heavy (non-hydrogen) atoms. The number of halogens is 1. The Labute approximate surface area is 154 Å². The highest BCUT2D eigenvalue weighted by atomic mass is 35.5. The fourth-order valence-corrected chi connectivity index (χ4v) is 3.70. The smallest absolute Gasteiger partial charge is 0.303 e. The van der Waals surface area contributed by atoms with Crippen molar-refractivity contribution in [3.63, 3.8) is 0 Å². The lowest BCUT2D eigenvalue weighted by atomic mass is 10.2. The van der Waals surface area contributed by atoms with Gasteiger partial charge in [-0.3, -0.25) is 14.4 Å². The number of thiophene rings is 1. The van der Waals surface area contributed by atoms with Crippen LogP contribution in [0.4, 0.5) is 0 Å². The van der Waals surface area contributed by atoms with Crippen LogP contribution in [-0.2, 0) is 9.59 Å². The van der Waals surface area contributed by atoms with E-state index in [0.29, 0.717) is 29.3 Å². The zero-order valence-corrected chi connectivity index (χ0v) is 15.1. The van der Waals surface area contributed by atoms with Gasteiger partial charge in [0.15, 0.2) is 0 Å². The van der Waals surface area contributed by atoms with E-state index in [2.05, 4.69) is 10.6 Å². The second-order valence-electron chi connectivity index (χ2n) is 5.48. The Balaban J connectivity index is 1.73. The molecule has 0 bridgehead atoms. The monoisotopic (exact) mass is 382 g/mol. The molecule has 3 N–H and O–H groups in total. The molecule has 0 spiro atoms. The molecule has 0 saturated carbocycles. The lowest BCUT2D eigenvalue weighted by Crippen LogP contribution is -2.37. The summed E-state index contributed by atoms with van der Waals surface area (Å²) >= 11 is 7.52. The van der Waals surface area contributed by atoms with E-state index < -0.39 is 5.97 Å². The van der Waals surface area contributed by atoms with Crippen molar-refractivity contribution < 1.29 is 19.5 Å². The van der Waals surface area contributed by atoms with Crippen molar-refractivity contribution in [1.82, 2.24) is 10.6 Å². The summed E-state index contributed by atoms with van der Waals surface area (Å²) in [7, 11) is 0. The standard InChI is InChI=1S/C17H19ClN2O4S/c18-15-11-6-3-4-7-12(11)25-16(15)17(24)20-10-13(21)19-9-5-1-2-8-14(22)23/h3-4,6-7H,1-2,5,8-10H2,(H,19,21)(H,20,24)(H,22,23). The number of fused-ring (bicyclic) bond motifs is 1. The van der Waals surface area contributed by atoms with E-state index in [1.165, 1.54) is 11.3 Å². The average Bonchev–Trinajstić information content (AvgIpc) is 2.93. The predicted octanol–water partition coefficient (Wildman–Crippen LogP) is 3.05.